The first-order valence-corrected chi connectivity index (χ1v) is 9.61. The minimum atomic E-state index is -3.55. The number of fused-ring (bicyclic) bond motifs is 1. The third-order valence-electron chi connectivity index (χ3n) is 2.81. The maximum atomic E-state index is 12.4. The van der Waals surface area contributed by atoms with Crippen molar-refractivity contribution in [1.29, 1.82) is 0 Å². The Bertz CT molecular complexity index is 801. The third kappa shape index (κ3) is 4.21. The summed E-state index contributed by atoms with van der Waals surface area (Å²) in [4.78, 5) is 11.7. The van der Waals surface area contributed by atoms with Crippen molar-refractivity contribution < 1.29 is 17.9 Å². The number of hydrogen-bond donors (Lipinski definition) is 0. The van der Waals surface area contributed by atoms with Crippen molar-refractivity contribution in [2.24, 2.45) is 0 Å². The second-order valence-electron chi connectivity index (χ2n) is 5.91. The molecule has 0 radical (unpaired) electrons. The quantitative estimate of drug-likeness (QED) is 0.771. The maximum absolute atomic E-state index is 12.4. The van der Waals surface area contributed by atoms with Gasteiger partial charge in [0.15, 0.2) is 9.84 Å². The number of rotatable bonds is 4. The lowest BCUT2D eigenvalue weighted by Crippen LogP contribution is -2.25. The molecule has 1 heterocycles. The van der Waals surface area contributed by atoms with Crippen LogP contribution < -0.4 is 0 Å². The van der Waals surface area contributed by atoms with E-state index in [0.717, 1.165) is 16.7 Å². The fourth-order valence-electron chi connectivity index (χ4n) is 1.93. The minimum Gasteiger partial charge on any atom is -0.460 e. The molecular weight excluding hydrogens is 344 g/mol. The standard InChI is InChI=1S/C15H17ClO4S2/c1-15(2,3)20-13(17)6-7-22(18,19)14-12-8-11(16)5-4-10(12)9-21-14/h4-5,8-9H,6-7H2,1-3H3. The highest BCUT2D eigenvalue weighted by Crippen LogP contribution is 2.32. The summed E-state index contributed by atoms with van der Waals surface area (Å²) in [6.45, 7) is 5.23. The largest absolute Gasteiger partial charge is 0.460 e. The molecule has 0 N–H and O–H groups in total. The molecular formula is C15H17ClO4S2. The van der Waals surface area contributed by atoms with Gasteiger partial charge in [-0.25, -0.2) is 8.42 Å². The normalized spacial score (nSPS) is 12.5. The van der Waals surface area contributed by atoms with Gasteiger partial charge in [-0.2, -0.15) is 0 Å². The Morgan fingerprint density at radius 3 is 2.64 bits per heavy atom. The molecule has 0 unspecified atom stereocenters. The SMILES string of the molecule is CC(C)(C)OC(=O)CCS(=O)(=O)c1scc2ccc(Cl)cc12. The summed E-state index contributed by atoms with van der Waals surface area (Å²) in [6.07, 6.45) is -0.167. The van der Waals surface area contributed by atoms with Crippen molar-refractivity contribution in [1.82, 2.24) is 0 Å². The number of sulfone groups is 1. The van der Waals surface area contributed by atoms with E-state index in [9.17, 15) is 13.2 Å². The van der Waals surface area contributed by atoms with Crippen molar-refractivity contribution in [3.8, 4) is 0 Å². The van der Waals surface area contributed by atoms with E-state index in [-0.39, 0.29) is 16.4 Å². The molecule has 0 aliphatic carbocycles. The molecule has 2 rings (SSSR count). The first-order valence-electron chi connectivity index (χ1n) is 6.70. The summed E-state index contributed by atoms with van der Waals surface area (Å²) in [5.41, 5.74) is -0.621. The first kappa shape index (κ1) is 17.2. The summed E-state index contributed by atoms with van der Waals surface area (Å²) < 4.78 is 30.3. The second-order valence-corrected chi connectivity index (χ2v) is 9.53. The van der Waals surface area contributed by atoms with Gasteiger partial charge in [-0.1, -0.05) is 17.7 Å². The zero-order chi connectivity index (χ0) is 16.5. The fraction of sp³-hybridized carbons (Fsp3) is 0.400. The van der Waals surface area contributed by atoms with Gasteiger partial charge in [0.25, 0.3) is 0 Å². The molecule has 0 fully saturated rings. The van der Waals surface area contributed by atoms with Gasteiger partial charge in [-0.3, -0.25) is 4.79 Å². The van der Waals surface area contributed by atoms with Gasteiger partial charge in [-0.05, 0) is 43.7 Å². The van der Waals surface area contributed by atoms with Gasteiger partial charge in [0.2, 0.25) is 0 Å². The first-order chi connectivity index (χ1) is 10.1. The molecule has 0 aliphatic rings. The maximum Gasteiger partial charge on any atom is 0.307 e. The van der Waals surface area contributed by atoms with E-state index < -0.39 is 21.4 Å². The van der Waals surface area contributed by atoms with Crippen LogP contribution in [0.25, 0.3) is 10.8 Å². The number of carbonyl (C=O) groups is 1. The van der Waals surface area contributed by atoms with Crippen LogP contribution in [0.15, 0.2) is 27.8 Å². The Hall–Kier alpha value is -1.11. The summed E-state index contributed by atoms with van der Waals surface area (Å²) in [5, 5.41) is 3.67. The van der Waals surface area contributed by atoms with Crippen LogP contribution in [0.1, 0.15) is 27.2 Å². The van der Waals surface area contributed by atoms with Gasteiger partial charge in [0, 0.05) is 10.4 Å². The van der Waals surface area contributed by atoms with Gasteiger partial charge in [0.1, 0.15) is 9.81 Å². The van der Waals surface area contributed by atoms with Crippen LogP contribution >= 0.6 is 22.9 Å². The number of thiophene rings is 1. The smallest absolute Gasteiger partial charge is 0.307 e. The third-order valence-corrected chi connectivity index (χ3v) is 6.42. The minimum absolute atomic E-state index is 0.167. The molecule has 22 heavy (non-hydrogen) atoms. The van der Waals surface area contributed by atoms with Gasteiger partial charge >= 0.3 is 5.97 Å². The summed E-state index contributed by atoms with van der Waals surface area (Å²) in [6, 6.07) is 5.13. The predicted molar refractivity (Wildman–Crippen MR) is 89.3 cm³/mol. The molecule has 0 spiro atoms. The average molecular weight is 361 g/mol. The van der Waals surface area contributed by atoms with Crippen LogP contribution in [0.2, 0.25) is 5.02 Å². The van der Waals surface area contributed by atoms with Crippen molar-refractivity contribution >= 4 is 49.5 Å². The average Bonchev–Trinajstić information content (AvgIpc) is 2.78. The molecule has 0 saturated carbocycles. The molecule has 1 aromatic heterocycles. The number of ether oxygens (including phenoxy) is 1. The van der Waals surface area contributed by atoms with Crippen LogP contribution in [0.5, 0.6) is 0 Å². The summed E-state index contributed by atoms with van der Waals surface area (Å²) in [7, 11) is -3.55. The summed E-state index contributed by atoms with van der Waals surface area (Å²) >= 11 is 7.08. The molecule has 7 heteroatoms. The molecule has 4 nitrogen and oxygen atoms in total. The number of carbonyl (C=O) groups excluding carboxylic acids is 1. The highest BCUT2D eigenvalue weighted by molar-refractivity contribution is 7.93. The van der Waals surface area contributed by atoms with Gasteiger partial charge in [0.05, 0.1) is 12.2 Å². The van der Waals surface area contributed by atoms with Crippen LogP contribution in [0, 0.1) is 0 Å². The van der Waals surface area contributed by atoms with Gasteiger partial charge in [-0.15, -0.1) is 11.3 Å². The lowest BCUT2D eigenvalue weighted by Gasteiger charge is -2.19. The number of esters is 1. The Morgan fingerprint density at radius 1 is 1.32 bits per heavy atom. The van der Waals surface area contributed by atoms with Crippen LogP contribution in [-0.4, -0.2) is 25.7 Å². The van der Waals surface area contributed by atoms with E-state index in [1.165, 1.54) is 0 Å². The van der Waals surface area contributed by atoms with Crippen molar-refractivity contribution in [3.05, 3.63) is 28.6 Å². The Kier molecular flexibility index (Phi) is 4.84. The highest BCUT2D eigenvalue weighted by Gasteiger charge is 2.23. The Morgan fingerprint density at radius 2 is 2.00 bits per heavy atom. The lowest BCUT2D eigenvalue weighted by molar-refractivity contribution is -0.154. The number of halogens is 1. The lowest BCUT2D eigenvalue weighted by atomic mass is 10.2. The zero-order valence-corrected chi connectivity index (χ0v) is 14.9. The van der Waals surface area contributed by atoms with Crippen molar-refractivity contribution in [3.63, 3.8) is 0 Å². The summed E-state index contributed by atoms with van der Waals surface area (Å²) in [5.74, 6) is -0.792. The molecule has 0 aliphatic heterocycles. The number of hydrogen-bond acceptors (Lipinski definition) is 5. The molecule has 0 amide bonds. The van der Waals surface area contributed by atoms with E-state index in [1.54, 1.807) is 44.4 Å². The molecule has 0 saturated heterocycles. The topological polar surface area (TPSA) is 60.4 Å². The van der Waals surface area contributed by atoms with Gasteiger partial charge < -0.3 is 4.74 Å². The molecule has 2 aromatic rings. The molecule has 120 valence electrons. The second kappa shape index (κ2) is 6.18. The Balaban J connectivity index is 2.19. The van der Waals surface area contributed by atoms with Crippen LogP contribution in [-0.2, 0) is 19.4 Å². The van der Waals surface area contributed by atoms with E-state index in [1.807, 2.05) is 0 Å². The fourth-order valence-corrected chi connectivity index (χ4v) is 4.96. The van der Waals surface area contributed by atoms with Crippen LogP contribution in [0.4, 0.5) is 0 Å². The van der Waals surface area contributed by atoms with Crippen LogP contribution in [0.3, 0.4) is 0 Å². The van der Waals surface area contributed by atoms with E-state index in [0.29, 0.717) is 10.4 Å². The van der Waals surface area contributed by atoms with E-state index >= 15 is 0 Å². The van der Waals surface area contributed by atoms with Crippen molar-refractivity contribution in [2.45, 2.75) is 37.0 Å². The highest BCUT2D eigenvalue weighted by atomic mass is 35.5. The Labute approximate surface area is 139 Å². The zero-order valence-electron chi connectivity index (χ0n) is 12.6. The monoisotopic (exact) mass is 360 g/mol. The molecule has 0 atom stereocenters. The van der Waals surface area contributed by atoms with E-state index in [4.69, 9.17) is 16.3 Å². The molecule has 0 bridgehead atoms. The molecule has 1 aromatic carbocycles. The number of benzene rings is 1. The van der Waals surface area contributed by atoms with Crippen molar-refractivity contribution in [2.75, 3.05) is 5.75 Å². The van der Waals surface area contributed by atoms with E-state index in [2.05, 4.69) is 0 Å². The predicted octanol–water partition coefficient (Wildman–Crippen LogP) is 4.06.